The maximum Gasteiger partial charge on any atom is 0.0411 e. The maximum absolute atomic E-state index is 6.09. The predicted molar refractivity (Wildman–Crippen MR) is 62.3 cm³/mol. The van der Waals surface area contributed by atoms with Crippen molar-refractivity contribution in [1.82, 2.24) is 0 Å². The van der Waals surface area contributed by atoms with Crippen molar-refractivity contribution in [3.8, 4) is 0 Å². The summed E-state index contributed by atoms with van der Waals surface area (Å²) in [7, 11) is 0. The first-order chi connectivity index (χ1) is 6.74. The molecule has 0 spiro atoms. The lowest BCUT2D eigenvalue weighted by Crippen LogP contribution is -2.18. The molecule has 78 valence electrons. The normalized spacial score (nSPS) is 16.9. The van der Waals surface area contributed by atoms with E-state index < -0.39 is 0 Å². The van der Waals surface area contributed by atoms with Crippen LogP contribution in [0.1, 0.15) is 44.7 Å². The van der Waals surface area contributed by atoms with Crippen molar-refractivity contribution in [3.63, 3.8) is 0 Å². The van der Waals surface area contributed by atoms with Gasteiger partial charge in [-0.05, 0) is 30.4 Å². The molecule has 0 amide bonds. The third-order valence-corrected chi connectivity index (χ3v) is 2.70. The first-order valence-corrected chi connectivity index (χ1v) is 5.63. The van der Waals surface area contributed by atoms with E-state index in [0.29, 0.717) is 0 Å². The molecule has 0 aromatic heterocycles. The van der Waals surface area contributed by atoms with Gasteiger partial charge in [-0.25, -0.2) is 0 Å². The van der Waals surface area contributed by atoms with Crippen LogP contribution in [0.2, 0.25) is 0 Å². The molecule has 1 saturated carbocycles. The average molecular weight is 191 g/mol. The summed E-state index contributed by atoms with van der Waals surface area (Å²) in [4.78, 5) is 0. The van der Waals surface area contributed by atoms with Crippen LogP contribution < -0.4 is 5.73 Å². The summed E-state index contributed by atoms with van der Waals surface area (Å²) in [6.07, 6.45) is 3.41. The summed E-state index contributed by atoms with van der Waals surface area (Å²) in [6.45, 7) is 6.18. The Bertz CT molecular complexity index is 287. The second-order valence-corrected chi connectivity index (χ2v) is 3.71. The molecule has 0 saturated heterocycles. The quantitative estimate of drug-likeness (QED) is 0.763. The van der Waals surface area contributed by atoms with Crippen LogP contribution in [0.15, 0.2) is 24.3 Å². The van der Waals surface area contributed by atoms with Gasteiger partial charge in [0.15, 0.2) is 0 Å². The van der Waals surface area contributed by atoms with Crippen molar-refractivity contribution in [1.29, 1.82) is 0 Å². The molecule has 1 heteroatoms. The number of hydrogen-bond donors (Lipinski definition) is 1. The molecule has 1 aliphatic rings. The Morgan fingerprint density at radius 3 is 2.43 bits per heavy atom. The third kappa shape index (κ3) is 2.36. The van der Waals surface area contributed by atoms with Gasteiger partial charge < -0.3 is 5.73 Å². The first-order valence-electron chi connectivity index (χ1n) is 5.63. The summed E-state index contributed by atoms with van der Waals surface area (Å²) < 4.78 is 0. The summed E-state index contributed by atoms with van der Waals surface area (Å²) in [5, 5.41) is 0. The van der Waals surface area contributed by atoms with Gasteiger partial charge in [0.05, 0.1) is 0 Å². The van der Waals surface area contributed by atoms with Gasteiger partial charge in [0.2, 0.25) is 0 Å². The predicted octanol–water partition coefficient (Wildman–Crippen LogP) is 3.22. The summed E-state index contributed by atoms with van der Waals surface area (Å²) in [5.74, 6) is 0. The van der Waals surface area contributed by atoms with Crippen molar-refractivity contribution in [2.24, 2.45) is 5.73 Å². The van der Waals surface area contributed by atoms with Crippen molar-refractivity contribution in [2.75, 3.05) is 0 Å². The third-order valence-electron chi connectivity index (χ3n) is 2.70. The standard InChI is InChI=1S/C11H15N.C2H6/c1-2-9-4-3-5-10(8-9)11(12)6-7-11;1-2/h3-5,8H,2,6-7,12H2,1H3;1-2H3. The lowest BCUT2D eigenvalue weighted by molar-refractivity contribution is 0.738. The van der Waals surface area contributed by atoms with Gasteiger partial charge in [0.1, 0.15) is 0 Å². The van der Waals surface area contributed by atoms with Crippen LogP contribution in [0.5, 0.6) is 0 Å². The Balaban J connectivity index is 0.000000461. The van der Waals surface area contributed by atoms with Crippen LogP contribution in [0.25, 0.3) is 0 Å². The highest BCUT2D eigenvalue weighted by molar-refractivity contribution is 5.33. The zero-order valence-corrected chi connectivity index (χ0v) is 9.51. The number of rotatable bonds is 2. The van der Waals surface area contributed by atoms with E-state index in [4.69, 9.17) is 5.73 Å². The molecule has 2 N–H and O–H groups in total. The highest BCUT2D eigenvalue weighted by Gasteiger charge is 2.39. The van der Waals surface area contributed by atoms with E-state index in [-0.39, 0.29) is 5.54 Å². The van der Waals surface area contributed by atoms with Gasteiger partial charge in [0, 0.05) is 5.54 Å². The van der Waals surface area contributed by atoms with E-state index in [9.17, 15) is 0 Å². The van der Waals surface area contributed by atoms with Gasteiger partial charge in [-0.15, -0.1) is 0 Å². The minimum atomic E-state index is 0.0329. The van der Waals surface area contributed by atoms with Crippen molar-refractivity contribution in [2.45, 2.75) is 45.6 Å². The van der Waals surface area contributed by atoms with E-state index in [2.05, 4.69) is 31.2 Å². The van der Waals surface area contributed by atoms with Crippen LogP contribution in [0.4, 0.5) is 0 Å². The Morgan fingerprint density at radius 2 is 1.93 bits per heavy atom. The van der Waals surface area contributed by atoms with E-state index in [1.54, 1.807) is 0 Å². The minimum absolute atomic E-state index is 0.0329. The summed E-state index contributed by atoms with van der Waals surface area (Å²) in [5.41, 5.74) is 8.84. The first kappa shape index (κ1) is 11.3. The van der Waals surface area contributed by atoms with Crippen molar-refractivity contribution >= 4 is 0 Å². The van der Waals surface area contributed by atoms with Crippen LogP contribution in [0, 0.1) is 0 Å². The summed E-state index contributed by atoms with van der Waals surface area (Å²) in [6, 6.07) is 8.66. The van der Waals surface area contributed by atoms with Crippen molar-refractivity contribution < 1.29 is 0 Å². The van der Waals surface area contributed by atoms with Gasteiger partial charge in [0.25, 0.3) is 0 Å². The molecule has 14 heavy (non-hydrogen) atoms. The zero-order valence-electron chi connectivity index (χ0n) is 9.51. The van der Waals surface area contributed by atoms with Gasteiger partial charge >= 0.3 is 0 Å². The molecule has 0 radical (unpaired) electrons. The molecule has 0 bridgehead atoms. The van der Waals surface area contributed by atoms with Crippen molar-refractivity contribution in [3.05, 3.63) is 35.4 Å². The van der Waals surface area contributed by atoms with Gasteiger partial charge in [-0.1, -0.05) is 45.0 Å². The Hall–Kier alpha value is -0.820. The lowest BCUT2D eigenvalue weighted by atomic mass is 10.0. The Labute approximate surface area is 87.3 Å². The highest BCUT2D eigenvalue weighted by atomic mass is 14.8. The van der Waals surface area contributed by atoms with E-state index in [0.717, 1.165) is 19.3 Å². The maximum atomic E-state index is 6.09. The molecular formula is C13H21N. The molecule has 0 unspecified atom stereocenters. The molecule has 0 atom stereocenters. The molecule has 0 heterocycles. The Morgan fingerprint density at radius 1 is 1.29 bits per heavy atom. The SMILES string of the molecule is CC.CCc1cccc(C2(N)CC2)c1. The fraction of sp³-hybridized carbons (Fsp3) is 0.538. The second-order valence-electron chi connectivity index (χ2n) is 3.71. The number of hydrogen-bond acceptors (Lipinski definition) is 1. The van der Waals surface area contributed by atoms with E-state index in [1.807, 2.05) is 13.8 Å². The second kappa shape index (κ2) is 4.61. The minimum Gasteiger partial charge on any atom is -0.321 e. The van der Waals surface area contributed by atoms with Crippen LogP contribution in [-0.4, -0.2) is 0 Å². The van der Waals surface area contributed by atoms with Crippen LogP contribution >= 0.6 is 0 Å². The Kier molecular flexibility index (Phi) is 3.70. The van der Waals surface area contributed by atoms with E-state index >= 15 is 0 Å². The van der Waals surface area contributed by atoms with Crippen LogP contribution in [0.3, 0.4) is 0 Å². The van der Waals surface area contributed by atoms with Gasteiger partial charge in [-0.2, -0.15) is 0 Å². The largest absolute Gasteiger partial charge is 0.321 e. The fourth-order valence-electron chi connectivity index (χ4n) is 1.52. The molecule has 0 aliphatic heterocycles. The van der Waals surface area contributed by atoms with Gasteiger partial charge in [-0.3, -0.25) is 0 Å². The fourth-order valence-corrected chi connectivity index (χ4v) is 1.52. The molecule has 2 rings (SSSR count). The molecular weight excluding hydrogens is 170 g/mol. The molecule has 1 fully saturated rings. The monoisotopic (exact) mass is 191 g/mol. The number of aryl methyl sites for hydroxylation is 1. The zero-order chi connectivity index (χ0) is 10.6. The lowest BCUT2D eigenvalue weighted by Gasteiger charge is -2.09. The highest BCUT2D eigenvalue weighted by Crippen LogP contribution is 2.42. The molecule has 1 aliphatic carbocycles. The van der Waals surface area contributed by atoms with Crippen LogP contribution in [-0.2, 0) is 12.0 Å². The summed E-state index contributed by atoms with van der Waals surface area (Å²) >= 11 is 0. The number of nitrogens with two attached hydrogens (primary N) is 1. The molecule has 1 nitrogen and oxygen atoms in total. The number of benzene rings is 1. The van der Waals surface area contributed by atoms with E-state index in [1.165, 1.54) is 11.1 Å². The average Bonchev–Trinajstić information content (AvgIpc) is 3.01. The smallest absolute Gasteiger partial charge is 0.0411 e. The molecule has 1 aromatic carbocycles. The topological polar surface area (TPSA) is 26.0 Å². The molecule has 1 aromatic rings.